The van der Waals surface area contributed by atoms with Gasteiger partial charge in [0.15, 0.2) is 0 Å². The molecule has 0 saturated carbocycles. The van der Waals surface area contributed by atoms with Crippen LogP contribution in [-0.2, 0) is 6.42 Å². The van der Waals surface area contributed by atoms with Crippen molar-refractivity contribution in [3.63, 3.8) is 0 Å². The van der Waals surface area contributed by atoms with Gasteiger partial charge in [0, 0.05) is 0 Å². The van der Waals surface area contributed by atoms with E-state index in [0.717, 1.165) is 17.5 Å². The van der Waals surface area contributed by atoms with Crippen LogP contribution in [0.5, 0.6) is 0 Å². The molecule has 0 bridgehead atoms. The first kappa shape index (κ1) is 6.86. The Morgan fingerprint density at radius 2 is 2.18 bits per heavy atom. The maximum absolute atomic E-state index is 12.8. The molecule has 0 aromatic heterocycles. The Morgan fingerprint density at radius 1 is 1.36 bits per heavy atom. The van der Waals surface area contributed by atoms with Crippen molar-refractivity contribution in [1.82, 2.24) is 0 Å². The van der Waals surface area contributed by atoms with E-state index in [1.807, 2.05) is 12.2 Å². The highest BCUT2D eigenvalue weighted by molar-refractivity contribution is 6.31. The molecule has 2 heteroatoms. The smallest absolute Gasteiger partial charge is 0.142 e. The van der Waals surface area contributed by atoms with Crippen molar-refractivity contribution < 1.29 is 4.39 Å². The van der Waals surface area contributed by atoms with E-state index in [9.17, 15) is 4.39 Å². The Kier molecular flexibility index (Phi) is 1.46. The van der Waals surface area contributed by atoms with Crippen molar-refractivity contribution in [2.24, 2.45) is 0 Å². The summed E-state index contributed by atoms with van der Waals surface area (Å²) in [6.07, 6.45) is 4.70. The lowest BCUT2D eigenvalue weighted by Crippen LogP contribution is -1.86. The van der Waals surface area contributed by atoms with Crippen molar-refractivity contribution >= 4 is 17.7 Å². The molecule has 2 rings (SSSR count). The number of hydrogen-bond donors (Lipinski definition) is 0. The van der Waals surface area contributed by atoms with Crippen molar-refractivity contribution in [1.29, 1.82) is 0 Å². The summed E-state index contributed by atoms with van der Waals surface area (Å²) >= 11 is 5.72. The average Bonchev–Trinajstić information content (AvgIpc) is 2.45. The molecule has 0 saturated heterocycles. The predicted octanol–water partition coefficient (Wildman–Crippen LogP) is 3.05. The van der Waals surface area contributed by atoms with Crippen LogP contribution in [0.2, 0.25) is 5.02 Å². The fourth-order valence-corrected chi connectivity index (χ4v) is 1.52. The number of halogens is 2. The minimum Gasteiger partial charge on any atom is -0.205 e. The average molecular weight is 169 g/mol. The summed E-state index contributed by atoms with van der Waals surface area (Å²) in [6, 6.07) is 3.15. The molecule has 0 nitrogen and oxygen atoms in total. The van der Waals surface area contributed by atoms with Gasteiger partial charge in [-0.25, -0.2) is 4.39 Å². The van der Waals surface area contributed by atoms with E-state index < -0.39 is 0 Å². The highest BCUT2D eigenvalue weighted by atomic mass is 35.5. The molecule has 1 aliphatic carbocycles. The van der Waals surface area contributed by atoms with Crippen LogP contribution in [0.25, 0.3) is 6.08 Å². The monoisotopic (exact) mass is 168 g/mol. The topological polar surface area (TPSA) is 0 Å². The summed E-state index contributed by atoms with van der Waals surface area (Å²) in [5.74, 6) is -0.325. The Bertz CT molecular complexity index is 329. The molecule has 0 aliphatic heterocycles. The fraction of sp³-hybridized carbons (Fsp3) is 0.111. The molecule has 1 aromatic rings. The minimum atomic E-state index is -0.325. The van der Waals surface area contributed by atoms with Crippen LogP contribution < -0.4 is 0 Å². The Morgan fingerprint density at radius 3 is 3.00 bits per heavy atom. The third-order valence-corrected chi connectivity index (χ3v) is 2.26. The third-order valence-electron chi connectivity index (χ3n) is 1.85. The lowest BCUT2D eigenvalue weighted by molar-refractivity contribution is 0.626. The van der Waals surface area contributed by atoms with E-state index in [2.05, 4.69) is 0 Å². The molecule has 0 unspecified atom stereocenters. The maximum Gasteiger partial charge on any atom is 0.142 e. The van der Waals surface area contributed by atoms with Gasteiger partial charge in [0.2, 0.25) is 0 Å². The van der Waals surface area contributed by atoms with Crippen LogP contribution in [0.15, 0.2) is 18.2 Å². The van der Waals surface area contributed by atoms with Crippen LogP contribution >= 0.6 is 11.6 Å². The number of rotatable bonds is 0. The van der Waals surface area contributed by atoms with Gasteiger partial charge in [-0.05, 0) is 23.6 Å². The Balaban J connectivity index is 2.67. The molecule has 0 fully saturated rings. The van der Waals surface area contributed by atoms with Gasteiger partial charge < -0.3 is 0 Å². The number of benzene rings is 1. The second-order valence-electron chi connectivity index (χ2n) is 2.54. The third kappa shape index (κ3) is 0.962. The van der Waals surface area contributed by atoms with Crippen molar-refractivity contribution in [2.45, 2.75) is 6.42 Å². The normalized spacial score (nSPS) is 13.6. The lowest BCUT2D eigenvalue weighted by Gasteiger charge is -2.01. The molecule has 0 heterocycles. The number of hydrogen-bond acceptors (Lipinski definition) is 0. The van der Waals surface area contributed by atoms with Gasteiger partial charge in [0.05, 0.1) is 5.02 Å². The van der Waals surface area contributed by atoms with Crippen molar-refractivity contribution in [3.8, 4) is 0 Å². The van der Waals surface area contributed by atoms with Crippen LogP contribution in [-0.4, -0.2) is 0 Å². The van der Waals surface area contributed by atoms with Crippen LogP contribution in [0, 0.1) is 5.82 Å². The highest BCUT2D eigenvalue weighted by Gasteiger charge is 2.11. The van der Waals surface area contributed by atoms with E-state index >= 15 is 0 Å². The molecule has 1 aromatic carbocycles. The zero-order valence-corrected chi connectivity index (χ0v) is 6.53. The number of fused-ring (bicyclic) bond motifs is 1. The molecule has 0 spiro atoms. The van der Waals surface area contributed by atoms with Gasteiger partial charge in [0.25, 0.3) is 0 Å². The van der Waals surface area contributed by atoms with E-state index in [4.69, 9.17) is 11.6 Å². The predicted molar refractivity (Wildman–Crippen MR) is 44.1 cm³/mol. The molecule has 0 N–H and O–H groups in total. The summed E-state index contributed by atoms with van der Waals surface area (Å²) in [4.78, 5) is 0. The zero-order chi connectivity index (χ0) is 7.84. The largest absolute Gasteiger partial charge is 0.205 e. The summed E-state index contributed by atoms with van der Waals surface area (Å²) in [7, 11) is 0. The van der Waals surface area contributed by atoms with Crippen LogP contribution in [0.3, 0.4) is 0 Å². The van der Waals surface area contributed by atoms with E-state index in [0.29, 0.717) is 0 Å². The molecule has 1 aliphatic rings. The van der Waals surface area contributed by atoms with E-state index in [-0.39, 0.29) is 10.8 Å². The Labute approximate surface area is 69.3 Å². The van der Waals surface area contributed by atoms with Crippen LogP contribution in [0.4, 0.5) is 4.39 Å². The fourth-order valence-electron chi connectivity index (χ4n) is 1.27. The SMILES string of the molecule is Fc1ccc2c(c1Cl)CC=C2. The molecule has 0 amide bonds. The summed E-state index contributed by atoms with van der Waals surface area (Å²) in [5.41, 5.74) is 1.95. The minimum absolute atomic E-state index is 0.271. The van der Waals surface area contributed by atoms with Gasteiger partial charge >= 0.3 is 0 Å². The second-order valence-corrected chi connectivity index (χ2v) is 2.91. The van der Waals surface area contributed by atoms with Gasteiger partial charge in [-0.2, -0.15) is 0 Å². The summed E-state index contributed by atoms with van der Waals surface area (Å²) in [5, 5.41) is 0.271. The maximum atomic E-state index is 12.8. The van der Waals surface area contributed by atoms with E-state index in [1.54, 1.807) is 6.07 Å². The molecular formula is C9H6ClF. The zero-order valence-electron chi connectivity index (χ0n) is 5.77. The standard InChI is InChI=1S/C9H6ClF/c10-9-7-3-1-2-6(7)4-5-8(9)11/h1-2,4-5H,3H2. The molecule has 11 heavy (non-hydrogen) atoms. The summed E-state index contributed by atoms with van der Waals surface area (Å²) < 4.78 is 12.8. The quantitative estimate of drug-likeness (QED) is 0.559. The summed E-state index contributed by atoms with van der Waals surface area (Å²) in [6.45, 7) is 0. The molecular weight excluding hydrogens is 163 g/mol. The molecule has 0 atom stereocenters. The first-order chi connectivity index (χ1) is 5.29. The first-order valence-electron chi connectivity index (χ1n) is 3.42. The van der Waals surface area contributed by atoms with Crippen molar-refractivity contribution in [3.05, 3.63) is 40.2 Å². The highest BCUT2D eigenvalue weighted by Crippen LogP contribution is 2.28. The lowest BCUT2D eigenvalue weighted by atomic mass is 10.1. The Hall–Kier alpha value is -0.820. The first-order valence-corrected chi connectivity index (χ1v) is 3.80. The van der Waals surface area contributed by atoms with E-state index in [1.165, 1.54) is 6.07 Å². The van der Waals surface area contributed by atoms with Crippen LogP contribution in [0.1, 0.15) is 11.1 Å². The van der Waals surface area contributed by atoms with Gasteiger partial charge in [0.1, 0.15) is 5.82 Å². The van der Waals surface area contributed by atoms with Crippen molar-refractivity contribution in [2.75, 3.05) is 0 Å². The van der Waals surface area contributed by atoms with Gasteiger partial charge in [-0.3, -0.25) is 0 Å². The second kappa shape index (κ2) is 2.35. The molecule has 0 radical (unpaired) electrons. The van der Waals surface area contributed by atoms with Gasteiger partial charge in [-0.15, -0.1) is 0 Å². The van der Waals surface area contributed by atoms with Gasteiger partial charge in [-0.1, -0.05) is 29.8 Å². The molecule has 56 valence electrons. The number of allylic oxidation sites excluding steroid dienone is 1.